The molecule has 0 radical (unpaired) electrons. The Morgan fingerprint density at radius 3 is 1.85 bits per heavy atom. The highest BCUT2D eigenvalue weighted by atomic mass is 16.6. The Bertz CT molecular complexity index is 784. The standard InChI is InChI=1S/C10H13N3O3.C5H5N3O2/c1-10(2,3)9(14)12-8-5-4-7(6-11-8)13(15)16;6-5-2-1-4(3-7-5)8(9)10/h4-6H,1-3H3,(H,11,12,14);1-3H,(H2,6,7). The van der Waals surface area contributed by atoms with E-state index >= 15 is 0 Å². The Hall–Kier alpha value is -3.63. The summed E-state index contributed by atoms with van der Waals surface area (Å²) in [6.45, 7) is 5.31. The van der Waals surface area contributed by atoms with Crippen LogP contribution in [0, 0.1) is 25.6 Å². The fourth-order valence-corrected chi connectivity index (χ4v) is 1.38. The van der Waals surface area contributed by atoms with Crippen LogP contribution in [-0.2, 0) is 4.79 Å². The minimum Gasteiger partial charge on any atom is -0.384 e. The van der Waals surface area contributed by atoms with Gasteiger partial charge in [-0.25, -0.2) is 9.97 Å². The number of nitrogens with one attached hydrogen (secondary N) is 1. The smallest absolute Gasteiger partial charge is 0.287 e. The number of carbonyl (C=O) groups is 1. The number of nitro groups is 2. The lowest BCUT2D eigenvalue weighted by atomic mass is 9.96. The predicted molar refractivity (Wildman–Crippen MR) is 94.3 cm³/mol. The van der Waals surface area contributed by atoms with Gasteiger partial charge in [-0.05, 0) is 12.1 Å². The van der Waals surface area contributed by atoms with E-state index in [1.54, 1.807) is 20.8 Å². The van der Waals surface area contributed by atoms with Crippen molar-refractivity contribution in [3.63, 3.8) is 0 Å². The Labute approximate surface area is 148 Å². The Morgan fingerprint density at radius 2 is 1.50 bits per heavy atom. The van der Waals surface area contributed by atoms with E-state index in [9.17, 15) is 25.0 Å². The van der Waals surface area contributed by atoms with Crippen molar-refractivity contribution in [1.29, 1.82) is 0 Å². The molecule has 1 amide bonds. The van der Waals surface area contributed by atoms with Crippen molar-refractivity contribution in [3.8, 4) is 0 Å². The van der Waals surface area contributed by atoms with Crippen LogP contribution < -0.4 is 11.1 Å². The van der Waals surface area contributed by atoms with Gasteiger partial charge in [-0.15, -0.1) is 0 Å². The molecule has 3 N–H and O–H groups in total. The highest BCUT2D eigenvalue weighted by Gasteiger charge is 2.21. The molecule has 0 unspecified atom stereocenters. The molecule has 0 atom stereocenters. The number of amides is 1. The number of rotatable bonds is 3. The van der Waals surface area contributed by atoms with Gasteiger partial charge in [0.05, 0.1) is 9.85 Å². The van der Waals surface area contributed by atoms with Gasteiger partial charge in [0, 0.05) is 17.5 Å². The predicted octanol–water partition coefficient (Wildman–Crippen LogP) is 2.55. The third kappa shape index (κ3) is 6.47. The number of nitrogens with two attached hydrogens (primary N) is 1. The van der Waals surface area contributed by atoms with Gasteiger partial charge in [0.15, 0.2) is 0 Å². The summed E-state index contributed by atoms with van der Waals surface area (Å²) in [5, 5.41) is 23.0. The second kappa shape index (κ2) is 8.46. The SMILES string of the molecule is CC(C)(C)C(=O)Nc1ccc([N+](=O)[O-])cn1.Nc1ccc([N+](=O)[O-])cn1. The summed E-state index contributed by atoms with van der Waals surface area (Å²) in [5.74, 6) is 0.407. The molecular formula is C15H18N6O5. The van der Waals surface area contributed by atoms with Gasteiger partial charge in [-0.3, -0.25) is 25.0 Å². The van der Waals surface area contributed by atoms with E-state index in [4.69, 9.17) is 5.73 Å². The van der Waals surface area contributed by atoms with Gasteiger partial charge in [0.25, 0.3) is 11.4 Å². The van der Waals surface area contributed by atoms with Crippen molar-refractivity contribution in [3.05, 3.63) is 56.9 Å². The minimum absolute atomic E-state index is 0.0470. The molecule has 0 spiro atoms. The fraction of sp³-hybridized carbons (Fsp3) is 0.267. The van der Waals surface area contributed by atoms with E-state index in [1.165, 1.54) is 24.3 Å². The van der Waals surface area contributed by atoms with Gasteiger partial charge in [-0.1, -0.05) is 20.8 Å². The van der Waals surface area contributed by atoms with Gasteiger partial charge in [0.1, 0.15) is 24.0 Å². The first kappa shape index (κ1) is 20.4. The molecule has 2 aromatic rings. The number of nitrogen functional groups attached to an aromatic ring is 1. The average Bonchev–Trinajstić information content (AvgIpc) is 2.55. The van der Waals surface area contributed by atoms with Crippen LogP contribution in [0.25, 0.3) is 0 Å². The Morgan fingerprint density at radius 1 is 1.00 bits per heavy atom. The summed E-state index contributed by atoms with van der Waals surface area (Å²) >= 11 is 0. The molecule has 26 heavy (non-hydrogen) atoms. The summed E-state index contributed by atoms with van der Waals surface area (Å²) in [4.78, 5) is 38.2. The molecule has 11 nitrogen and oxygen atoms in total. The molecule has 0 aliphatic rings. The first-order valence-corrected chi connectivity index (χ1v) is 7.28. The fourth-order valence-electron chi connectivity index (χ4n) is 1.38. The second-order valence-electron chi connectivity index (χ2n) is 6.06. The van der Waals surface area contributed by atoms with Crippen LogP contribution in [0.3, 0.4) is 0 Å². The van der Waals surface area contributed by atoms with E-state index in [2.05, 4.69) is 15.3 Å². The highest BCUT2D eigenvalue weighted by molar-refractivity contribution is 5.93. The molecule has 11 heteroatoms. The first-order chi connectivity index (χ1) is 12.0. The second-order valence-corrected chi connectivity index (χ2v) is 6.06. The molecule has 0 saturated heterocycles. The van der Waals surface area contributed by atoms with Crippen molar-refractivity contribution in [1.82, 2.24) is 9.97 Å². The zero-order chi connectivity index (χ0) is 19.9. The van der Waals surface area contributed by atoms with Crippen LogP contribution in [0.1, 0.15) is 20.8 Å². The molecule has 0 fully saturated rings. The van der Waals surface area contributed by atoms with Gasteiger partial charge in [-0.2, -0.15) is 0 Å². The zero-order valence-electron chi connectivity index (χ0n) is 14.4. The Kier molecular flexibility index (Phi) is 6.64. The molecule has 138 valence electrons. The number of aromatic nitrogens is 2. The minimum atomic E-state index is -0.539. The molecule has 0 aromatic carbocycles. The Balaban J connectivity index is 0.000000289. The molecule has 0 aliphatic heterocycles. The third-order valence-electron chi connectivity index (χ3n) is 2.86. The van der Waals surface area contributed by atoms with Gasteiger partial charge in [0.2, 0.25) is 5.91 Å². The lowest BCUT2D eigenvalue weighted by Crippen LogP contribution is -2.27. The lowest BCUT2D eigenvalue weighted by Gasteiger charge is -2.16. The zero-order valence-corrected chi connectivity index (χ0v) is 14.4. The molecule has 0 bridgehead atoms. The summed E-state index contributed by atoms with van der Waals surface area (Å²) in [5.41, 5.74) is 4.52. The van der Waals surface area contributed by atoms with E-state index in [0.717, 1.165) is 12.4 Å². The highest BCUT2D eigenvalue weighted by Crippen LogP contribution is 2.17. The van der Waals surface area contributed by atoms with Crippen molar-refractivity contribution >= 4 is 28.9 Å². The van der Waals surface area contributed by atoms with Crippen LogP contribution >= 0.6 is 0 Å². The van der Waals surface area contributed by atoms with Crippen LogP contribution in [0.4, 0.5) is 23.0 Å². The quantitative estimate of drug-likeness (QED) is 0.620. The number of pyridine rings is 2. The molecule has 0 saturated carbocycles. The van der Waals surface area contributed by atoms with Gasteiger partial charge >= 0.3 is 0 Å². The summed E-state index contributed by atoms with van der Waals surface area (Å²) < 4.78 is 0. The molecule has 2 heterocycles. The van der Waals surface area contributed by atoms with E-state index in [-0.39, 0.29) is 23.1 Å². The normalized spacial score (nSPS) is 10.3. The summed E-state index contributed by atoms with van der Waals surface area (Å²) in [6.07, 6.45) is 2.23. The first-order valence-electron chi connectivity index (χ1n) is 7.28. The maximum atomic E-state index is 11.6. The molecule has 2 rings (SSSR count). The molecule has 2 aromatic heterocycles. The largest absolute Gasteiger partial charge is 0.384 e. The van der Waals surface area contributed by atoms with Crippen LogP contribution in [0.5, 0.6) is 0 Å². The van der Waals surface area contributed by atoms with Crippen LogP contribution in [0.2, 0.25) is 0 Å². The number of hydrogen-bond acceptors (Lipinski definition) is 8. The van der Waals surface area contributed by atoms with E-state index < -0.39 is 15.3 Å². The third-order valence-corrected chi connectivity index (χ3v) is 2.86. The average molecular weight is 362 g/mol. The van der Waals surface area contributed by atoms with Crippen molar-refractivity contribution in [2.75, 3.05) is 11.1 Å². The van der Waals surface area contributed by atoms with Crippen molar-refractivity contribution in [2.45, 2.75) is 20.8 Å². The van der Waals surface area contributed by atoms with E-state index in [1.807, 2.05) is 0 Å². The number of hydrogen-bond donors (Lipinski definition) is 2. The van der Waals surface area contributed by atoms with Gasteiger partial charge < -0.3 is 11.1 Å². The number of anilines is 2. The maximum absolute atomic E-state index is 11.6. The molecule has 0 aliphatic carbocycles. The van der Waals surface area contributed by atoms with Crippen LogP contribution in [0.15, 0.2) is 36.7 Å². The molecular weight excluding hydrogens is 344 g/mol. The summed E-state index contributed by atoms with van der Waals surface area (Å²) in [6, 6.07) is 5.40. The monoisotopic (exact) mass is 362 g/mol. The number of carbonyl (C=O) groups excluding carboxylic acids is 1. The maximum Gasteiger partial charge on any atom is 0.287 e. The van der Waals surface area contributed by atoms with Crippen molar-refractivity contribution < 1.29 is 14.6 Å². The lowest BCUT2D eigenvalue weighted by molar-refractivity contribution is -0.385. The summed E-state index contributed by atoms with van der Waals surface area (Å²) in [7, 11) is 0. The number of nitrogens with zero attached hydrogens (tertiary/aromatic N) is 4. The topological polar surface area (TPSA) is 167 Å². The van der Waals surface area contributed by atoms with E-state index in [0.29, 0.717) is 5.82 Å². The van der Waals surface area contributed by atoms with Crippen molar-refractivity contribution in [2.24, 2.45) is 5.41 Å². The van der Waals surface area contributed by atoms with Crippen LogP contribution in [-0.4, -0.2) is 25.7 Å².